The molecule has 12 heteroatoms. The number of pyridine rings is 1. The van der Waals surface area contributed by atoms with Crippen LogP contribution in [0.4, 0.5) is 10.1 Å². The minimum atomic E-state index is -4.16. The number of amides is 1. The Labute approximate surface area is 218 Å². The zero-order valence-electron chi connectivity index (χ0n) is 21.1. The summed E-state index contributed by atoms with van der Waals surface area (Å²) in [6, 6.07) is 10.0. The fraction of sp³-hybridized carbons (Fsp3) is 0.231. The minimum absolute atomic E-state index is 0.0125. The molecule has 2 heterocycles. The number of methoxy groups -OCH3 is 1. The van der Waals surface area contributed by atoms with E-state index in [-0.39, 0.29) is 34.5 Å². The van der Waals surface area contributed by atoms with Crippen LogP contribution < -0.4 is 20.3 Å². The molecule has 0 saturated carbocycles. The summed E-state index contributed by atoms with van der Waals surface area (Å²) in [5.74, 6) is -1.30. The number of carbonyl (C=O) groups excluding carboxylic acids is 1. The molecule has 0 unspecified atom stereocenters. The van der Waals surface area contributed by atoms with Crippen LogP contribution in [0.1, 0.15) is 12.5 Å². The van der Waals surface area contributed by atoms with E-state index in [2.05, 4.69) is 20.0 Å². The fourth-order valence-corrected chi connectivity index (χ4v) is 5.16. The summed E-state index contributed by atoms with van der Waals surface area (Å²) < 4.78 is 48.9. The maximum Gasteiger partial charge on any atom is 0.262 e. The van der Waals surface area contributed by atoms with E-state index in [1.807, 2.05) is 0 Å². The summed E-state index contributed by atoms with van der Waals surface area (Å²) in [5.41, 5.74) is 1.70. The van der Waals surface area contributed by atoms with Gasteiger partial charge in [0.15, 0.2) is 0 Å². The van der Waals surface area contributed by atoms with E-state index < -0.39 is 21.8 Å². The third-order valence-corrected chi connectivity index (χ3v) is 7.28. The van der Waals surface area contributed by atoms with Crippen molar-refractivity contribution in [3.05, 3.63) is 76.7 Å². The van der Waals surface area contributed by atoms with E-state index in [0.29, 0.717) is 27.6 Å². The number of halogens is 1. The molecule has 0 aliphatic heterocycles. The van der Waals surface area contributed by atoms with Gasteiger partial charge in [0.2, 0.25) is 11.8 Å². The summed E-state index contributed by atoms with van der Waals surface area (Å²) in [5, 5.41) is 2.88. The van der Waals surface area contributed by atoms with Gasteiger partial charge in [0.1, 0.15) is 11.5 Å². The SMILES string of the molecule is CNC(=O)[C@@H](C)Cn1cnc2ccc(-c3cnc(OC)c(NS(=O)(=O)c4cc(C)cc(F)c4)c3)cc2c1=O. The van der Waals surface area contributed by atoms with Gasteiger partial charge in [0.25, 0.3) is 15.6 Å². The molecule has 0 aliphatic rings. The van der Waals surface area contributed by atoms with Gasteiger partial charge >= 0.3 is 0 Å². The second kappa shape index (κ2) is 10.6. The van der Waals surface area contributed by atoms with Gasteiger partial charge in [0.05, 0.1) is 35.2 Å². The van der Waals surface area contributed by atoms with E-state index in [1.165, 1.54) is 49.4 Å². The van der Waals surface area contributed by atoms with Gasteiger partial charge in [-0.25, -0.2) is 22.8 Å². The molecular formula is C26H26FN5O5S. The van der Waals surface area contributed by atoms with Crippen LogP contribution in [-0.2, 0) is 21.4 Å². The molecule has 1 atom stereocenters. The second-order valence-corrected chi connectivity index (χ2v) is 10.5. The Morgan fingerprint density at radius 1 is 1.13 bits per heavy atom. The predicted octanol–water partition coefficient (Wildman–Crippen LogP) is 3.10. The highest BCUT2D eigenvalue weighted by Crippen LogP contribution is 2.31. The highest BCUT2D eigenvalue weighted by atomic mass is 32.2. The van der Waals surface area contributed by atoms with Crippen molar-refractivity contribution in [2.75, 3.05) is 18.9 Å². The lowest BCUT2D eigenvalue weighted by molar-refractivity contribution is -0.124. The predicted molar refractivity (Wildman–Crippen MR) is 141 cm³/mol. The van der Waals surface area contributed by atoms with Crippen LogP contribution in [0.2, 0.25) is 0 Å². The Hall–Kier alpha value is -4.32. The number of hydrogen-bond acceptors (Lipinski definition) is 7. The lowest BCUT2D eigenvalue weighted by Crippen LogP contribution is -2.32. The van der Waals surface area contributed by atoms with E-state index in [9.17, 15) is 22.4 Å². The molecule has 10 nitrogen and oxygen atoms in total. The number of aromatic nitrogens is 3. The van der Waals surface area contributed by atoms with Crippen molar-refractivity contribution >= 4 is 32.5 Å². The second-order valence-electron chi connectivity index (χ2n) is 8.80. The summed E-state index contributed by atoms with van der Waals surface area (Å²) in [6.45, 7) is 3.45. The molecule has 4 aromatic rings. The third-order valence-electron chi connectivity index (χ3n) is 5.94. The van der Waals surface area contributed by atoms with Crippen LogP contribution >= 0.6 is 0 Å². The Morgan fingerprint density at radius 3 is 2.58 bits per heavy atom. The van der Waals surface area contributed by atoms with Crippen LogP contribution in [0.25, 0.3) is 22.0 Å². The summed E-state index contributed by atoms with van der Waals surface area (Å²) >= 11 is 0. The number of sulfonamides is 1. The van der Waals surface area contributed by atoms with Gasteiger partial charge in [-0.15, -0.1) is 0 Å². The number of carbonyl (C=O) groups is 1. The lowest BCUT2D eigenvalue weighted by Gasteiger charge is -2.14. The molecule has 198 valence electrons. The number of nitrogens with one attached hydrogen (secondary N) is 2. The van der Waals surface area contributed by atoms with Gasteiger partial charge in [-0.2, -0.15) is 0 Å². The highest BCUT2D eigenvalue weighted by Gasteiger charge is 2.20. The Bertz CT molecular complexity index is 1680. The average Bonchev–Trinajstić information content (AvgIpc) is 2.88. The maximum absolute atomic E-state index is 13.9. The first kappa shape index (κ1) is 26.7. The molecule has 38 heavy (non-hydrogen) atoms. The number of anilines is 1. The third kappa shape index (κ3) is 5.49. The first-order chi connectivity index (χ1) is 18.0. The number of hydrogen-bond donors (Lipinski definition) is 2. The Morgan fingerprint density at radius 2 is 1.89 bits per heavy atom. The standard InChI is InChI=1S/C26H26FN5O5S/c1-15-7-19(27)11-20(8-15)38(35,36)31-23-10-18(12-29-25(23)37-4)17-5-6-22-21(9-17)26(34)32(14-30-22)13-16(2)24(33)28-3/h5-12,14,16,31H,13H2,1-4H3,(H,28,33)/t16-/m0/s1. The number of aryl methyl sites for hydroxylation is 1. The molecule has 0 bridgehead atoms. The van der Waals surface area contributed by atoms with Gasteiger partial charge in [-0.05, 0) is 54.4 Å². The number of fused-ring (bicyclic) bond motifs is 1. The summed E-state index contributed by atoms with van der Waals surface area (Å²) in [7, 11) is -1.29. The molecule has 0 spiro atoms. The number of benzene rings is 2. The molecular weight excluding hydrogens is 513 g/mol. The number of ether oxygens (including phenoxy) is 1. The van der Waals surface area contributed by atoms with Crippen molar-refractivity contribution in [3.63, 3.8) is 0 Å². The normalized spacial score (nSPS) is 12.2. The Kier molecular flexibility index (Phi) is 7.44. The lowest BCUT2D eigenvalue weighted by atomic mass is 10.0. The molecule has 2 N–H and O–H groups in total. The summed E-state index contributed by atoms with van der Waals surface area (Å²) in [4.78, 5) is 33.4. The average molecular weight is 540 g/mol. The zero-order chi connectivity index (χ0) is 27.6. The van der Waals surface area contributed by atoms with Crippen molar-refractivity contribution < 1.29 is 22.3 Å². The fourth-order valence-electron chi connectivity index (χ4n) is 4.00. The molecule has 0 fully saturated rings. The monoisotopic (exact) mass is 539 g/mol. The van der Waals surface area contributed by atoms with E-state index >= 15 is 0 Å². The van der Waals surface area contributed by atoms with Crippen molar-refractivity contribution in [3.8, 4) is 17.0 Å². The van der Waals surface area contributed by atoms with Crippen molar-refractivity contribution in [1.82, 2.24) is 19.9 Å². The Balaban J connectivity index is 1.73. The van der Waals surface area contributed by atoms with Crippen LogP contribution in [0, 0.1) is 18.7 Å². The molecule has 1 amide bonds. The molecule has 0 saturated heterocycles. The van der Waals surface area contributed by atoms with Crippen molar-refractivity contribution in [1.29, 1.82) is 0 Å². The van der Waals surface area contributed by atoms with Crippen molar-refractivity contribution in [2.45, 2.75) is 25.3 Å². The van der Waals surface area contributed by atoms with Crippen LogP contribution in [0.5, 0.6) is 5.88 Å². The molecule has 2 aromatic heterocycles. The van der Waals surface area contributed by atoms with E-state index in [0.717, 1.165) is 6.07 Å². The van der Waals surface area contributed by atoms with Gasteiger partial charge in [0, 0.05) is 25.4 Å². The minimum Gasteiger partial charge on any atom is -0.480 e. The first-order valence-electron chi connectivity index (χ1n) is 11.6. The quantitative estimate of drug-likeness (QED) is 0.352. The molecule has 2 aromatic carbocycles. The van der Waals surface area contributed by atoms with Crippen molar-refractivity contribution in [2.24, 2.45) is 5.92 Å². The summed E-state index contributed by atoms with van der Waals surface area (Å²) in [6.07, 6.45) is 2.88. The topological polar surface area (TPSA) is 132 Å². The molecule has 0 radical (unpaired) electrons. The molecule has 0 aliphatic carbocycles. The zero-order valence-corrected chi connectivity index (χ0v) is 22.0. The van der Waals surface area contributed by atoms with Crippen LogP contribution in [0.15, 0.2) is 64.7 Å². The van der Waals surface area contributed by atoms with E-state index in [4.69, 9.17) is 4.74 Å². The van der Waals surface area contributed by atoms with Crippen LogP contribution in [0.3, 0.4) is 0 Å². The first-order valence-corrected chi connectivity index (χ1v) is 13.1. The van der Waals surface area contributed by atoms with Crippen LogP contribution in [-0.4, -0.2) is 43.0 Å². The van der Waals surface area contributed by atoms with Gasteiger partial charge < -0.3 is 10.1 Å². The number of nitrogens with zero attached hydrogens (tertiary/aromatic N) is 3. The smallest absolute Gasteiger partial charge is 0.262 e. The van der Waals surface area contributed by atoms with Gasteiger partial charge in [-0.3, -0.25) is 18.9 Å². The number of rotatable bonds is 8. The molecule has 4 rings (SSSR count). The van der Waals surface area contributed by atoms with E-state index in [1.54, 1.807) is 32.0 Å². The van der Waals surface area contributed by atoms with Gasteiger partial charge in [-0.1, -0.05) is 13.0 Å². The maximum atomic E-state index is 13.9. The largest absolute Gasteiger partial charge is 0.480 e. The highest BCUT2D eigenvalue weighted by molar-refractivity contribution is 7.92.